The minimum atomic E-state index is -0.213. The molecule has 2 aromatic rings. The molecule has 8 heteroatoms. The molecule has 31 heavy (non-hydrogen) atoms. The fraction of sp³-hybridized carbons (Fsp3) is 0.478. The number of rotatable bonds is 4. The molecule has 4 rings (SSSR count). The third-order valence-corrected chi connectivity index (χ3v) is 6.46. The van der Waals surface area contributed by atoms with Gasteiger partial charge in [0, 0.05) is 69.9 Å². The summed E-state index contributed by atoms with van der Waals surface area (Å²) < 4.78 is 0. The Balaban J connectivity index is 1.54. The molecule has 1 unspecified atom stereocenters. The van der Waals surface area contributed by atoms with Crippen LogP contribution in [0.25, 0.3) is 11.1 Å². The van der Waals surface area contributed by atoms with Crippen molar-refractivity contribution in [2.75, 3.05) is 45.7 Å². The van der Waals surface area contributed by atoms with Crippen LogP contribution in [0.2, 0.25) is 5.02 Å². The van der Waals surface area contributed by atoms with Gasteiger partial charge in [0.2, 0.25) is 17.8 Å². The van der Waals surface area contributed by atoms with Gasteiger partial charge in [0.1, 0.15) is 0 Å². The van der Waals surface area contributed by atoms with Crippen LogP contribution in [0.4, 0.5) is 5.95 Å². The molecule has 0 spiro atoms. The SMILES string of the molecule is CN1CC(C(=O)N2CCC(c3nc(N(C)C)ncc3-c3cccc(Cl)c3)CC2)CC1=O. The maximum atomic E-state index is 12.9. The molecule has 2 fully saturated rings. The minimum absolute atomic E-state index is 0.0524. The van der Waals surface area contributed by atoms with Crippen molar-refractivity contribution in [2.45, 2.75) is 25.2 Å². The lowest BCUT2D eigenvalue weighted by Crippen LogP contribution is -2.42. The molecule has 0 radical (unpaired) electrons. The van der Waals surface area contributed by atoms with E-state index in [0.717, 1.165) is 29.7 Å². The molecule has 2 aliphatic heterocycles. The highest BCUT2D eigenvalue weighted by Gasteiger charge is 2.36. The van der Waals surface area contributed by atoms with Gasteiger partial charge in [-0.3, -0.25) is 9.59 Å². The maximum Gasteiger partial charge on any atom is 0.227 e. The average Bonchev–Trinajstić information content (AvgIpc) is 3.11. The van der Waals surface area contributed by atoms with E-state index < -0.39 is 0 Å². The van der Waals surface area contributed by atoms with Crippen molar-refractivity contribution < 1.29 is 9.59 Å². The number of benzene rings is 1. The molecule has 0 N–H and O–H groups in total. The van der Waals surface area contributed by atoms with Crippen LogP contribution in [0.15, 0.2) is 30.5 Å². The highest BCUT2D eigenvalue weighted by molar-refractivity contribution is 6.30. The molecule has 0 aliphatic carbocycles. The fourth-order valence-corrected chi connectivity index (χ4v) is 4.64. The number of carbonyl (C=O) groups excluding carboxylic acids is 2. The first-order chi connectivity index (χ1) is 14.8. The van der Waals surface area contributed by atoms with Crippen LogP contribution >= 0.6 is 11.6 Å². The van der Waals surface area contributed by atoms with Crippen LogP contribution in [-0.2, 0) is 9.59 Å². The first kappa shape index (κ1) is 21.6. The van der Waals surface area contributed by atoms with Gasteiger partial charge in [-0.2, -0.15) is 0 Å². The van der Waals surface area contributed by atoms with Crippen LogP contribution in [0.3, 0.4) is 0 Å². The van der Waals surface area contributed by atoms with E-state index in [1.807, 2.05) is 54.4 Å². The maximum absolute atomic E-state index is 12.9. The fourth-order valence-electron chi connectivity index (χ4n) is 4.45. The number of halogens is 1. The molecule has 1 atom stereocenters. The number of anilines is 1. The quantitative estimate of drug-likeness (QED) is 0.729. The molecule has 2 saturated heterocycles. The number of likely N-dealkylation sites (tertiary alicyclic amines) is 2. The third-order valence-electron chi connectivity index (χ3n) is 6.22. The number of amides is 2. The van der Waals surface area contributed by atoms with Gasteiger partial charge in [-0.25, -0.2) is 9.97 Å². The van der Waals surface area contributed by atoms with Gasteiger partial charge < -0.3 is 14.7 Å². The predicted octanol–water partition coefficient (Wildman–Crippen LogP) is 3.05. The second-order valence-electron chi connectivity index (χ2n) is 8.65. The summed E-state index contributed by atoms with van der Waals surface area (Å²) >= 11 is 6.23. The summed E-state index contributed by atoms with van der Waals surface area (Å²) in [6.45, 7) is 1.87. The predicted molar refractivity (Wildman–Crippen MR) is 121 cm³/mol. The Hall–Kier alpha value is -2.67. The highest BCUT2D eigenvalue weighted by atomic mass is 35.5. The zero-order valence-corrected chi connectivity index (χ0v) is 19.0. The second kappa shape index (κ2) is 8.83. The van der Waals surface area contributed by atoms with E-state index in [1.54, 1.807) is 11.9 Å². The van der Waals surface area contributed by atoms with Crippen molar-refractivity contribution in [1.82, 2.24) is 19.8 Å². The van der Waals surface area contributed by atoms with Crippen molar-refractivity contribution in [2.24, 2.45) is 5.92 Å². The van der Waals surface area contributed by atoms with Gasteiger partial charge >= 0.3 is 0 Å². The normalized spacial score (nSPS) is 19.7. The van der Waals surface area contributed by atoms with Crippen molar-refractivity contribution >= 4 is 29.4 Å². The van der Waals surface area contributed by atoms with Gasteiger partial charge in [0.05, 0.1) is 11.6 Å². The monoisotopic (exact) mass is 441 g/mol. The number of piperidine rings is 1. The first-order valence-electron chi connectivity index (χ1n) is 10.7. The second-order valence-corrected chi connectivity index (χ2v) is 9.08. The van der Waals surface area contributed by atoms with Gasteiger partial charge in [0.25, 0.3) is 0 Å². The summed E-state index contributed by atoms with van der Waals surface area (Å²) in [5.74, 6) is 0.842. The van der Waals surface area contributed by atoms with Crippen LogP contribution in [0.1, 0.15) is 30.9 Å². The van der Waals surface area contributed by atoms with Crippen LogP contribution in [0.5, 0.6) is 0 Å². The van der Waals surface area contributed by atoms with Gasteiger partial charge in [0.15, 0.2) is 0 Å². The van der Waals surface area contributed by atoms with E-state index in [4.69, 9.17) is 16.6 Å². The molecule has 164 valence electrons. The Bertz CT molecular complexity index is 988. The zero-order valence-electron chi connectivity index (χ0n) is 18.2. The molecule has 2 aliphatic rings. The Kier molecular flexibility index (Phi) is 6.14. The van der Waals surface area contributed by atoms with Crippen molar-refractivity contribution in [3.8, 4) is 11.1 Å². The van der Waals surface area contributed by atoms with E-state index in [0.29, 0.717) is 37.0 Å². The third kappa shape index (κ3) is 4.51. The lowest BCUT2D eigenvalue weighted by Gasteiger charge is -2.34. The van der Waals surface area contributed by atoms with Gasteiger partial charge in [-0.15, -0.1) is 0 Å². The van der Waals surface area contributed by atoms with Crippen LogP contribution < -0.4 is 4.90 Å². The number of carbonyl (C=O) groups is 2. The van der Waals surface area contributed by atoms with E-state index in [-0.39, 0.29) is 23.7 Å². The van der Waals surface area contributed by atoms with E-state index in [2.05, 4.69) is 4.98 Å². The summed E-state index contributed by atoms with van der Waals surface area (Å²) in [5.41, 5.74) is 2.99. The Morgan fingerprint density at radius 1 is 1.23 bits per heavy atom. The molecular formula is C23H28ClN5O2. The summed E-state index contributed by atoms with van der Waals surface area (Å²) in [6.07, 6.45) is 3.87. The van der Waals surface area contributed by atoms with E-state index in [9.17, 15) is 9.59 Å². The summed E-state index contributed by atoms with van der Waals surface area (Å²) in [4.78, 5) is 39.6. The lowest BCUT2D eigenvalue weighted by atomic mass is 9.88. The molecule has 1 aromatic heterocycles. The first-order valence-corrected chi connectivity index (χ1v) is 11.0. The van der Waals surface area contributed by atoms with E-state index >= 15 is 0 Å². The summed E-state index contributed by atoms with van der Waals surface area (Å²) in [7, 11) is 5.62. The standard InChI is InChI=1S/C23H28ClN5O2/c1-27(2)23-25-13-19(16-5-4-6-18(24)11-16)21(26-23)15-7-9-29(10-8-15)22(31)17-12-20(30)28(3)14-17/h4-6,11,13,15,17H,7-10,12,14H2,1-3H3. The molecule has 0 bridgehead atoms. The average molecular weight is 442 g/mol. The van der Waals surface area contributed by atoms with Crippen molar-refractivity contribution in [3.05, 3.63) is 41.2 Å². The molecule has 7 nitrogen and oxygen atoms in total. The van der Waals surface area contributed by atoms with Gasteiger partial charge in [-0.1, -0.05) is 23.7 Å². The molecule has 0 saturated carbocycles. The molecule has 1 aromatic carbocycles. The van der Waals surface area contributed by atoms with E-state index in [1.165, 1.54) is 0 Å². The molecule has 2 amide bonds. The Morgan fingerprint density at radius 2 is 1.97 bits per heavy atom. The highest BCUT2D eigenvalue weighted by Crippen LogP contribution is 2.36. The number of aromatic nitrogens is 2. The summed E-state index contributed by atoms with van der Waals surface area (Å²) in [6, 6.07) is 7.75. The number of nitrogens with zero attached hydrogens (tertiary/aromatic N) is 5. The summed E-state index contributed by atoms with van der Waals surface area (Å²) in [5, 5.41) is 0.677. The number of hydrogen-bond donors (Lipinski definition) is 0. The Labute approximate surface area is 188 Å². The minimum Gasteiger partial charge on any atom is -0.347 e. The zero-order chi connectivity index (χ0) is 22.1. The smallest absolute Gasteiger partial charge is 0.227 e. The molecular weight excluding hydrogens is 414 g/mol. The number of hydrogen-bond acceptors (Lipinski definition) is 5. The van der Waals surface area contributed by atoms with Crippen LogP contribution in [0, 0.1) is 5.92 Å². The topological polar surface area (TPSA) is 69.6 Å². The lowest BCUT2D eigenvalue weighted by molar-refractivity contribution is -0.136. The van der Waals surface area contributed by atoms with Crippen molar-refractivity contribution in [1.29, 1.82) is 0 Å². The Morgan fingerprint density at radius 3 is 2.58 bits per heavy atom. The molecule has 3 heterocycles. The van der Waals surface area contributed by atoms with Crippen LogP contribution in [-0.4, -0.2) is 72.4 Å². The van der Waals surface area contributed by atoms with Gasteiger partial charge in [-0.05, 0) is 30.5 Å². The largest absolute Gasteiger partial charge is 0.347 e. The van der Waals surface area contributed by atoms with Crippen molar-refractivity contribution in [3.63, 3.8) is 0 Å².